The number of nitrogens with zero attached hydrogens (tertiary/aromatic N) is 4. The molecule has 1 aliphatic carbocycles. The van der Waals surface area contributed by atoms with Gasteiger partial charge in [0.1, 0.15) is 4.75 Å². The summed E-state index contributed by atoms with van der Waals surface area (Å²) in [6, 6.07) is 5.91. The van der Waals surface area contributed by atoms with Crippen molar-refractivity contribution >= 4 is 21.8 Å². The second-order valence-corrected chi connectivity index (χ2v) is 14.2. The van der Waals surface area contributed by atoms with E-state index in [4.69, 9.17) is 0 Å². The van der Waals surface area contributed by atoms with Crippen LogP contribution in [0, 0.1) is 0 Å². The molecule has 0 saturated carbocycles. The van der Waals surface area contributed by atoms with Gasteiger partial charge in [0.05, 0.1) is 35.3 Å². The van der Waals surface area contributed by atoms with Gasteiger partial charge in [0, 0.05) is 18.7 Å². The van der Waals surface area contributed by atoms with Crippen molar-refractivity contribution in [2.24, 2.45) is 0 Å². The molecule has 0 bridgehead atoms. The number of fused-ring (bicyclic) bond motifs is 3. The fourth-order valence-electron chi connectivity index (χ4n) is 6.53. The number of β-amino-alcohol motifs (C(OH)–C–C–N with tert-alkyl or cyclic N) is 1. The van der Waals surface area contributed by atoms with Gasteiger partial charge in [-0.25, -0.2) is 27.6 Å². The smallest absolute Gasteiger partial charge is 0.389 e. The minimum atomic E-state index is -6.42. The summed E-state index contributed by atoms with van der Waals surface area (Å²) < 4.78 is 123. The summed E-state index contributed by atoms with van der Waals surface area (Å²) in [5, 5.41) is 12.5. The Morgan fingerprint density at radius 3 is 2.18 bits per heavy atom. The average Bonchev–Trinajstić information content (AvgIpc) is 3.52. The van der Waals surface area contributed by atoms with Crippen LogP contribution in [0.15, 0.2) is 47.4 Å². The molecular formula is C28H29F7N4O5S. The fraction of sp³-hybridized carbons (Fsp3) is 0.536. The molecule has 3 aliphatic rings. The maximum atomic E-state index is 15.0. The number of aryl methyl sites for hydroxylation is 1. The summed E-state index contributed by atoms with van der Waals surface area (Å²) in [6.45, 7) is 2.33. The van der Waals surface area contributed by atoms with E-state index in [1.165, 1.54) is 49.1 Å². The van der Waals surface area contributed by atoms with E-state index in [0.29, 0.717) is 0 Å². The molecule has 246 valence electrons. The van der Waals surface area contributed by atoms with Crippen molar-refractivity contribution in [3.05, 3.63) is 59.4 Å². The number of sulfone groups is 1. The van der Waals surface area contributed by atoms with E-state index >= 15 is 0 Å². The summed E-state index contributed by atoms with van der Waals surface area (Å²) >= 11 is 0. The Bertz CT molecular complexity index is 1600. The predicted octanol–water partition coefficient (Wildman–Crippen LogP) is 4.40. The summed E-state index contributed by atoms with van der Waals surface area (Å²) in [7, 11) is -4.53. The number of alkyl halides is 7. The highest BCUT2D eigenvalue weighted by Gasteiger charge is 2.75. The van der Waals surface area contributed by atoms with Gasteiger partial charge >= 0.3 is 24.1 Å². The predicted molar refractivity (Wildman–Crippen MR) is 143 cm³/mol. The Balaban J connectivity index is 1.64. The zero-order valence-electron chi connectivity index (χ0n) is 24.0. The Hall–Kier alpha value is -3.47. The number of carbonyl (C=O) groups excluding carboxylic acids is 2. The van der Waals surface area contributed by atoms with Crippen molar-refractivity contribution in [3.8, 4) is 0 Å². The van der Waals surface area contributed by atoms with E-state index < -0.39 is 67.6 Å². The first-order valence-electron chi connectivity index (χ1n) is 13.9. The first-order chi connectivity index (χ1) is 20.7. The van der Waals surface area contributed by atoms with Crippen LogP contribution in [0.4, 0.5) is 35.5 Å². The molecule has 1 aromatic carbocycles. The lowest BCUT2D eigenvalue weighted by molar-refractivity contribution is -0.350. The fourth-order valence-corrected chi connectivity index (χ4v) is 8.90. The lowest BCUT2D eigenvalue weighted by Gasteiger charge is -2.43. The second kappa shape index (κ2) is 10.5. The van der Waals surface area contributed by atoms with Gasteiger partial charge in [0.25, 0.3) is 0 Å². The van der Waals surface area contributed by atoms with Crippen molar-refractivity contribution in [3.63, 3.8) is 0 Å². The van der Waals surface area contributed by atoms with Crippen molar-refractivity contribution in [1.82, 2.24) is 19.9 Å². The van der Waals surface area contributed by atoms with Crippen LogP contribution in [0.25, 0.3) is 0 Å². The third-order valence-electron chi connectivity index (χ3n) is 8.51. The minimum Gasteiger partial charge on any atom is -0.389 e. The monoisotopic (exact) mass is 666 g/mol. The highest BCUT2D eigenvalue weighted by atomic mass is 32.2. The maximum Gasteiger partial charge on any atom is 0.437 e. The van der Waals surface area contributed by atoms with E-state index in [1.54, 1.807) is 0 Å². The molecule has 2 atom stereocenters. The molecule has 17 heteroatoms. The highest BCUT2D eigenvalue weighted by Crippen LogP contribution is 2.56. The van der Waals surface area contributed by atoms with Gasteiger partial charge in [-0.3, -0.25) is 9.78 Å². The molecule has 9 nitrogen and oxygen atoms in total. The molecule has 0 spiro atoms. The summed E-state index contributed by atoms with van der Waals surface area (Å²) in [4.78, 5) is 31.0. The minimum absolute atomic E-state index is 0.0628. The quantitative estimate of drug-likeness (QED) is 0.474. The molecule has 2 fully saturated rings. The molecule has 3 amide bonds. The van der Waals surface area contributed by atoms with E-state index in [9.17, 15) is 53.8 Å². The molecule has 2 unspecified atom stereocenters. The standard InChI is InChI=1S/C28H29F7N4O5S/c1-24(2,42)16-39-22(40)12-14-38(39)23(41)37-15-13-25(45(43,44)17-6-4-3-5-7-17)18-8-10-20(36-19(18)9-11-21(25)37)26(29,27(30,31)32)28(33,34)35/h3-8,10,21,42H,9,11-16H2,1-2H3. The van der Waals surface area contributed by atoms with Gasteiger partial charge in [-0.15, -0.1) is 0 Å². The van der Waals surface area contributed by atoms with Crippen LogP contribution in [0.2, 0.25) is 0 Å². The molecule has 0 radical (unpaired) electrons. The number of hydrogen-bond donors (Lipinski definition) is 1. The molecule has 1 aromatic heterocycles. The number of amides is 3. The number of aromatic nitrogens is 1. The number of hydrogen-bond acceptors (Lipinski definition) is 6. The summed E-state index contributed by atoms with van der Waals surface area (Å²) in [5.74, 6) is -0.456. The largest absolute Gasteiger partial charge is 0.437 e. The van der Waals surface area contributed by atoms with Gasteiger partial charge < -0.3 is 10.0 Å². The topological polar surface area (TPSA) is 111 Å². The zero-order valence-corrected chi connectivity index (χ0v) is 24.8. The van der Waals surface area contributed by atoms with Crippen molar-refractivity contribution in [2.75, 3.05) is 19.6 Å². The van der Waals surface area contributed by atoms with Crippen LogP contribution in [0.3, 0.4) is 0 Å². The molecule has 2 saturated heterocycles. The number of rotatable bonds is 5. The van der Waals surface area contributed by atoms with Gasteiger partial charge in [-0.05, 0) is 56.9 Å². The zero-order chi connectivity index (χ0) is 33.4. The maximum absolute atomic E-state index is 15.0. The molecule has 5 rings (SSSR count). The van der Waals surface area contributed by atoms with E-state index in [1.807, 2.05) is 0 Å². The average molecular weight is 667 g/mol. The number of benzene rings is 1. The molecule has 2 aromatic rings. The molecule has 1 N–H and O–H groups in total. The number of pyridine rings is 1. The highest BCUT2D eigenvalue weighted by molar-refractivity contribution is 7.92. The molecular weight excluding hydrogens is 637 g/mol. The third kappa shape index (κ3) is 5.02. The number of aliphatic hydroxyl groups is 1. The van der Waals surface area contributed by atoms with Crippen LogP contribution >= 0.6 is 0 Å². The summed E-state index contributed by atoms with van der Waals surface area (Å²) in [5.41, 5.74) is -9.89. The van der Waals surface area contributed by atoms with Crippen molar-refractivity contribution < 1.29 is 53.8 Å². The van der Waals surface area contributed by atoms with Crippen molar-refractivity contribution in [1.29, 1.82) is 0 Å². The number of likely N-dealkylation sites (tertiary alicyclic amines) is 1. The molecule has 3 heterocycles. The first-order valence-corrected chi connectivity index (χ1v) is 15.4. The van der Waals surface area contributed by atoms with Crippen LogP contribution in [-0.4, -0.2) is 89.0 Å². The summed E-state index contributed by atoms with van der Waals surface area (Å²) in [6.07, 6.45) is -13.9. The van der Waals surface area contributed by atoms with E-state index in [-0.39, 0.29) is 61.8 Å². The lowest BCUT2D eigenvalue weighted by Crippen LogP contribution is -2.58. The van der Waals surface area contributed by atoms with Gasteiger partial charge in [0.15, 0.2) is 9.84 Å². The Labute approximate surface area is 253 Å². The molecule has 2 aliphatic heterocycles. The Morgan fingerprint density at radius 2 is 1.60 bits per heavy atom. The Kier molecular flexibility index (Phi) is 7.71. The van der Waals surface area contributed by atoms with Crippen LogP contribution < -0.4 is 0 Å². The van der Waals surface area contributed by atoms with Gasteiger partial charge in [-0.1, -0.05) is 24.3 Å². The first kappa shape index (κ1) is 32.9. The van der Waals surface area contributed by atoms with E-state index in [2.05, 4.69) is 4.98 Å². The number of hydrazine groups is 1. The second-order valence-electron chi connectivity index (χ2n) is 12.0. The van der Waals surface area contributed by atoms with Gasteiger partial charge in [-0.2, -0.15) is 26.3 Å². The SMILES string of the molecule is CC(C)(O)CN1C(=O)CCN1C(=O)N1CCC2(S(=O)(=O)c3ccccc3)c3ccc(C(F)(C(F)(F)F)C(F)(F)F)nc3CCC12. The lowest BCUT2D eigenvalue weighted by atomic mass is 9.80. The van der Waals surface area contributed by atoms with Crippen LogP contribution in [-0.2, 0) is 31.5 Å². The van der Waals surface area contributed by atoms with E-state index in [0.717, 1.165) is 16.1 Å². The number of halogens is 7. The Morgan fingerprint density at radius 1 is 0.978 bits per heavy atom. The number of urea groups is 1. The van der Waals surface area contributed by atoms with Crippen molar-refractivity contribution in [2.45, 2.75) is 78.8 Å². The molecule has 45 heavy (non-hydrogen) atoms. The normalized spacial score (nSPS) is 22.9. The number of carbonyl (C=O) groups is 2. The van der Waals surface area contributed by atoms with Crippen LogP contribution in [0.5, 0.6) is 0 Å². The third-order valence-corrected chi connectivity index (χ3v) is 11.1. The van der Waals surface area contributed by atoms with Gasteiger partial charge in [0.2, 0.25) is 5.91 Å². The van der Waals surface area contributed by atoms with Crippen LogP contribution in [0.1, 0.15) is 50.1 Å².